The predicted molar refractivity (Wildman–Crippen MR) is 109 cm³/mol. The first kappa shape index (κ1) is 19.5. The van der Waals surface area contributed by atoms with Crippen LogP contribution in [0.25, 0.3) is 0 Å². The largest absolute Gasteiger partial charge is 0.477 e. The highest BCUT2D eigenvalue weighted by Gasteiger charge is 2.35. The molecule has 160 valence electrons. The van der Waals surface area contributed by atoms with E-state index in [1.165, 1.54) is 4.68 Å². The van der Waals surface area contributed by atoms with Crippen LogP contribution < -0.4 is 15.2 Å². The maximum atomic E-state index is 15.0. The number of aromatic nitrogens is 2. The van der Waals surface area contributed by atoms with Gasteiger partial charge in [0.1, 0.15) is 15.7 Å². The average molecular weight is 434 g/mol. The van der Waals surface area contributed by atoms with Gasteiger partial charge in [0, 0.05) is 18.7 Å². The highest BCUT2D eigenvalue weighted by atomic mass is 32.2. The van der Waals surface area contributed by atoms with Gasteiger partial charge in [-0.3, -0.25) is 4.79 Å². The molecule has 0 fully saturated rings. The molecule has 0 bridgehead atoms. The molecule has 0 radical (unpaired) electrons. The fourth-order valence-electron chi connectivity index (χ4n) is 5.01. The SMILES string of the molecule is C[C@@H]1CCc2c(F)c3c(c(NC(=O)c4nn5c(c4S(=N)(N)=O)OCCC5)c21)CCC3. The Labute approximate surface area is 174 Å². The second-order valence-electron chi connectivity index (χ2n) is 8.29. The zero-order valence-electron chi connectivity index (χ0n) is 16.7. The number of amides is 1. The van der Waals surface area contributed by atoms with Gasteiger partial charge in [-0.05, 0) is 60.3 Å². The van der Waals surface area contributed by atoms with Gasteiger partial charge in [-0.25, -0.2) is 23.2 Å². The lowest BCUT2D eigenvalue weighted by atomic mass is 9.94. The summed E-state index contributed by atoms with van der Waals surface area (Å²) in [5.74, 6) is -0.467. The Morgan fingerprint density at radius 1 is 1.30 bits per heavy atom. The van der Waals surface area contributed by atoms with E-state index in [1.807, 2.05) is 6.92 Å². The van der Waals surface area contributed by atoms with E-state index in [2.05, 4.69) is 10.4 Å². The summed E-state index contributed by atoms with van der Waals surface area (Å²) in [6, 6.07) is 0. The van der Waals surface area contributed by atoms with Crippen LogP contribution in [-0.4, -0.2) is 26.5 Å². The minimum absolute atomic E-state index is 0.122. The Hall–Kier alpha value is -2.46. The standard InChI is InChI=1S/C20H24FN5O3S/c1-10-6-7-13-14(10)16(12-5-2-4-11(12)15(13)21)24-19(27)17-18(30(22,23)28)20-26(25-17)8-3-9-29-20/h10H,2-9H2,1H3,(H,24,27)(H3,22,23,28)/t10-/m1/s1. The first-order valence-electron chi connectivity index (χ1n) is 10.2. The topological polar surface area (TPSA) is 123 Å². The molecule has 1 amide bonds. The van der Waals surface area contributed by atoms with Gasteiger partial charge >= 0.3 is 0 Å². The Balaban J connectivity index is 1.63. The number of carbonyl (C=O) groups excluding carboxylic acids is 1. The zero-order chi connectivity index (χ0) is 21.2. The van der Waals surface area contributed by atoms with E-state index in [4.69, 9.17) is 14.7 Å². The number of anilines is 1. The van der Waals surface area contributed by atoms with E-state index in [0.717, 1.165) is 24.0 Å². The van der Waals surface area contributed by atoms with Crippen LogP contribution in [-0.2, 0) is 35.7 Å². The van der Waals surface area contributed by atoms with Gasteiger partial charge in [-0.1, -0.05) is 6.92 Å². The number of fused-ring (bicyclic) bond motifs is 3. The number of nitrogens with one attached hydrogen (secondary N) is 2. The van der Waals surface area contributed by atoms with E-state index in [9.17, 15) is 9.00 Å². The van der Waals surface area contributed by atoms with Gasteiger partial charge in [-0.2, -0.15) is 5.10 Å². The van der Waals surface area contributed by atoms with E-state index < -0.39 is 15.8 Å². The number of benzene rings is 1. The summed E-state index contributed by atoms with van der Waals surface area (Å²) in [7, 11) is -3.74. The lowest BCUT2D eigenvalue weighted by Gasteiger charge is -2.19. The number of rotatable bonds is 3. The van der Waals surface area contributed by atoms with Gasteiger partial charge < -0.3 is 10.1 Å². The monoisotopic (exact) mass is 433 g/mol. The number of carbonyl (C=O) groups is 1. The van der Waals surface area contributed by atoms with Crippen LogP contribution in [0.15, 0.2) is 4.90 Å². The smallest absolute Gasteiger partial charge is 0.277 e. The third-order valence-corrected chi connectivity index (χ3v) is 7.31. The molecule has 1 aromatic carbocycles. The first-order chi connectivity index (χ1) is 14.3. The second kappa shape index (κ2) is 6.78. The molecule has 2 heterocycles. The predicted octanol–water partition coefficient (Wildman–Crippen LogP) is 2.87. The Morgan fingerprint density at radius 3 is 2.83 bits per heavy atom. The molecule has 2 aromatic rings. The second-order valence-corrected chi connectivity index (χ2v) is 9.90. The van der Waals surface area contributed by atoms with Gasteiger partial charge in [0.05, 0.1) is 6.61 Å². The van der Waals surface area contributed by atoms with Crippen molar-refractivity contribution in [1.29, 1.82) is 4.78 Å². The molecule has 0 spiro atoms. The summed E-state index contributed by atoms with van der Waals surface area (Å²) in [6.07, 6.45) is 4.37. The average Bonchev–Trinajstić information content (AvgIpc) is 3.41. The minimum atomic E-state index is -3.74. The Bertz CT molecular complexity index is 1190. The van der Waals surface area contributed by atoms with Crippen LogP contribution in [0.2, 0.25) is 0 Å². The molecule has 0 saturated carbocycles. The normalized spacial score (nSPS) is 21.4. The third kappa shape index (κ3) is 2.84. The molecule has 1 aromatic heterocycles. The van der Waals surface area contributed by atoms with E-state index in [0.29, 0.717) is 55.6 Å². The molecule has 1 unspecified atom stereocenters. The van der Waals surface area contributed by atoms with Crippen LogP contribution in [0.3, 0.4) is 0 Å². The van der Waals surface area contributed by atoms with Crippen molar-refractivity contribution in [2.45, 2.75) is 62.8 Å². The van der Waals surface area contributed by atoms with Crippen molar-refractivity contribution in [2.75, 3.05) is 11.9 Å². The lowest BCUT2D eigenvalue weighted by Crippen LogP contribution is -2.21. The molecule has 5 rings (SSSR count). The lowest BCUT2D eigenvalue weighted by molar-refractivity contribution is 0.101. The molecule has 2 atom stereocenters. The van der Waals surface area contributed by atoms with Crippen LogP contribution in [0.1, 0.15) is 64.8 Å². The molecular formula is C20H24FN5O3S. The number of halogens is 1. The molecular weight excluding hydrogens is 409 g/mol. The van der Waals surface area contributed by atoms with Gasteiger partial charge in [0.15, 0.2) is 10.6 Å². The molecule has 30 heavy (non-hydrogen) atoms. The number of ether oxygens (including phenoxy) is 1. The Kier molecular flexibility index (Phi) is 4.41. The number of nitrogens with zero attached hydrogens (tertiary/aromatic N) is 2. The highest BCUT2D eigenvalue weighted by molar-refractivity contribution is 7.90. The van der Waals surface area contributed by atoms with Crippen molar-refractivity contribution in [2.24, 2.45) is 5.14 Å². The van der Waals surface area contributed by atoms with Crippen molar-refractivity contribution in [3.63, 3.8) is 0 Å². The maximum absolute atomic E-state index is 15.0. The summed E-state index contributed by atoms with van der Waals surface area (Å²) in [5, 5.41) is 12.8. The molecule has 2 aliphatic carbocycles. The molecule has 0 saturated heterocycles. The number of nitrogens with two attached hydrogens (primary N) is 1. The van der Waals surface area contributed by atoms with E-state index in [1.54, 1.807) is 0 Å². The summed E-state index contributed by atoms with van der Waals surface area (Å²) < 4.78 is 42.4. The molecule has 4 N–H and O–H groups in total. The summed E-state index contributed by atoms with van der Waals surface area (Å²) >= 11 is 0. The number of hydrogen-bond donors (Lipinski definition) is 3. The van der Waals surface area contributed by atoms with E-state index in [-0.39, 0.29) is 28.2 Å². The Morgan fingerprint density at radius 2 is 2.07 bits per heavy atom. The number of hydrogen-bond acceptors (Lipinski definition) is 5. The molecule has 3 aliphatic rings. The van der Waals surface area contributed by atoms with Crippen molar-refractivity contribution in [3.8, 4) is 5.88 Å². The van der Waals surface area contributed by atoms with Crippen molar-refractivity contribution < 1.29 is 18.1 Å². The maximum Gasteiger partial charge on any atom is 0.277 e. The quantitative estimate of drug-likeness (QED) is 0.689. The minimum Gasteiger partial charge on any atom is -0.477 e. The van der Waals surface area contributed by atoms with Crippen molar-refractivity contribution in [3.05, 3.63) is 33.8 Å². The van der Waals surface area contributed by atoms with Crippen LogP contribution in [0, 0.1) is 10.6 Å². The van der Waals surface area contributed by atoms with Crippen LogP contribution >= 0.6 is 0 Å². The molecule has 1 aliphatic heterocycles. The number of aryl methyl sites for hydroxylation is 1. The fourth-order valence-corrected chi connectivity index (χ4v) is 5.86. The van der Waals surface area contributed by atoms with Crippen molar-refractivity contribution >= 4 is 21.5 Å². The van der Waals surface area contributed by atoms with Crippen LogP contribution in [0.5, 0.6) is 5.88 Å². The molecule has 10 heteroatoms. The summed E-state index contributed by atoms with van der Waals surface area (Å²) in [5.41, 5.74) is 3.56. The zero-order valence-corrected chi connectivity index (χ0v) is 17.5. The van der Waals surface area contributed by atoms with Gasteiger partial charge in [-0.15, -0.1) is 0 Å². The summed E-state index contributed by atoms with van der Waals surface area (Å²) in [6.45, 7) is 2.91. The first-order valence-corrected chi connectivity index (χ1v) is 11.9. The van der Waals surface area contributed by atoms with Crippen LogP contribution in [0.4, 0.5) is 10.1 Å². The summed E-state index contributed by atoms with van der Waals surface area (Å²) in [4.78, 5) is 13.1. The van der Waals surface area contributed by atoms with Gasteiger partial charge in [0.25, 0.3) is 5.91 Å². The fraction of sp³-hybridized carbons (Fsp3) is 0.500. The van der Waals surface area contributed by atoms with Crippen molar-refractivity contribution in [1.82, 2.24) is 9.78 Å². The highest BCUT2D eigenvalue weighted by Crippen LogP contribution is 2.46. The molecule has 8 nitrogen and oxygen atoms in total. The third-order valence-electron chi connectivity index (χ3n) is 6.34. The van der Waals surface area contributed by atoms with E-state index >= 15 is 4.39 Å². The van der Waals surface area contributed by atoms with Gasteiger partial charge in [0.2, 0.25) is 5.88 Å².